The summed E-state index contributed by atoms with van der Waals surface area (Å²) < 4.78 is 1.27. The Kier molecular flexibility index (Phi) is 5.54. The Labute approximate surface area is 162 Å². The van der Waals surface area contributed by atoms with Crippen molar-refractivity contribution in [2.75, 3.05) is 14.1 Å². The minimum Gasteiger partial charge on any atom is -0.355 e. The highest BCUT2D eigenvalue weighted by Crippen LogP contribution is 2.15. The second-order valence-electron chi connectivity index (χ2n) is 6.62. The van der Waals surface area contributed by atoms with Gasteiger partial charge in [0.1, 0.15) is 0 Å². The van der Waals surface area contributed by atoms with Crippen molar-refractivity contribution in [1.82, 2.24) is 20.0 Å². The van der Waals surface area contributed by atoms with Crippen molar-refractivity contribution < 1.29 is 9.59 Å². The lowest BCUT2D eigenvalue weighted by Gasteiger charge is -2.18. The molecule has 2 amide bonds. The Bertz CT molecular complexity index is 1090. The van der Waals surface area contributed by atoms with Crippen LogP contribution in [0.3, 0.4) is 0 Å². The summed E-state index contributed by atoms with van der Waals surface area (Å²) in [7, 11) is 4.89. The van der Waals surface area contributed by atoms with E-state index >= 15 is 0 Å². The zero-order valence-corrected chi connectivity index (χ0v) is 16.1. The highest BCUT2D eigenvalue weighted by molar-refractivity contribution is 5.94. The summed E-state index contributed by atoms with van der Waals surface area (Å²) in [5.41, 5.74) is 1.88. The van der Waals surface area contributed by atoms with Gasteiger partial charge >= 0.3 is 0 Å². The molecule has 3 aromatic rings. The Balaban J connectivity index is 1.76. The topological polar surface area (TPSA) is 84.3 Å². The standard InChI is InChI=1S/C21H22N4O3/c1-22-20(27)15-10-8-14(9-11-15)13-24(2)19(26)12-18-16-6-4-5-7-17(16)21(28)25(3)23-18/h4-11H,12-13H2,1-3H3,(H,22,27). The Hall–Kier alpha value is -3.48. The first-order valence-electron chi connectivity index (χ1n) is 8.90. The zero-order chi connectivity index (χ0) is 20.3. The molecule has 7 heteroatoms. The van der Waals surface area contributed by atoms with Crippen molar-refractivity contribution in [3.05, 3.63) is 75.7 Å². The molecule has 0 aliphatic carbocycles. The third-order valence-electron chi connectivity index (χ3n) is 4.64. The maximum Gasteiger partial charge on any atom is 0.274 e. The van der Waals surface area contributed by atoms with E-state index in [9.17, 15) is 14.4 Å². The van der Waals surface area contributed by atoms with Gasteiger partial charge in [-0.3, -0.25) is 14.4 Å². The number of aromatic nitrogens is 2. The number of nitrogens with zero attached hydrogens (tertiary/aromatic N) is 3. The molecule has 1 heterocycles. The van der Waals surface area contributed by atoms with Crippen LogP contribution in [-0.2, 0) is 24.8 Å². The summed E-state index contributed by atoms with van der Waals surface area (Å²) in [5, 5.41) is 8.11. The number of hydrogen-bond acceptors (Lipinski definition) is 4. The minimum atomic E-state index is -0.184. The van der Waals surface area contributed by atoms with Crippen LogP contribution in [-0.4, -0.2) is 40.6 Å². The Morgan fingerprint density at radius 2 is 1.71 bits per heavy atom. The van der Waals surface area contributed by atoms with Crippen LogP contribution in [0.15, 0.2) is 53.3 Å². The average molecular weight is 378 g/mol. The number of rotatable bonds is 5. The number of likely N-dealkylation sites (N-methyl/N-ethyl adjacent to an activating group) is 1. The molecule has 0 spiro atoms. The van der Waals surface area contributed by atoms with Crippen molar-refractivity contribution in [2.24, 2.45) is 7.05 Å². The van der Waals surface area contributed by atoms with Gasteiger partial charge in [0, 0.05) is 38.6 Å². The molecule has 7 nitrogen and oxygen atoms in total. The van der Waals surface area contributed by atoms with Gasteiger partial charge < -0.3 is 10.2 Å². The van der Waals surface area contributed by atoms with E-state index in [1.807, 2.05) is 24.3 Å². The van der Waals surface area contributed by atoms with E-state index in [-0.39, 0.29) is 23.8 Å². The number of amides is 2. The molecule has 1 N–H and O–H groups in total. The van der Waals surface area contributed by atoms with Gasteiger partial charge in [0.05, 0.1) is 17.5 Å². The minimum absolute atomic E-state index is 0.0987. The van der Waals surface area contributed by atoms with Gasteiger partial charge in [0.2, 0.25) is 5.91 Å². The molecular weight excluding hydrogens is 356 g/mol. The van der Waals surface area contributed by atoms with Crippen molar-refractivity contribution in [1.29, 1.82) is 0 Å². The van der Waals surface area contributed by atoms with Crippen molar-refractivity contribution in [3.63, 3.8) is 0 Å². The first-order chi connectivity index (χ1) is 13.4. The van der Waals surface area contributed by atoms with Gasteiger partial charge in [-0.1, -0.05) is 30.3 Å². The maximum atomic E-state index is 12.7. The zero-order valence-electron chi connectivity index (χ0n) is 16.1. The van der Waals surface area contributed by atoms with Crippen molar-refractivity contribution >= 4 is 22.6 Å². The number of benzene rings is 2. The molecule has 1 aromatic heterocycles. The van der Waals surface area contributed by atoms with E-state index in [4.69, 9.17) is 0 Å². The van der Waals surface area contributed by atoms with Crippen LogP contribution in [0.5, 0.6) is 0 Å². The normalized spacial score (nSPS) is 10.7. The first-order valence-corrected chi connectivity index (χ1v) is 8.90. The summed E-state index contributed by atoms with van der Waals surface area (Å²) in [6.45, 7) is 0.413. The number of carbonyl (C=O) groups excluding carboxylic acids is 2. The van der Waals surface area contributed by atoms with Gasteiger partial charge in [-0.25, -0.2) is 4.68 Å². The molecule has 0 saturated heterocycles. The third kappa shape index (κ3) is 3.93. The van der Waals surface area contributed by atoms with E-state index in [0.717, 1.165) is 5.56 Å². The second kappa shape index (κ2) is 8.04. The van der Waals surface area contributed by atoms with E-state index < -0.39 is 0 Å². The quantitative estimate of drug-likeness (QED) is 0.729. The van der Waals surface area contributed by atoms with Crippen LogP contribution in [0.2, 0.25) is 0 Å². The first kappa shape index (κ1) is 19.3. The predicted molar refractivity (Wildman–Crippen MR) is 107 cm³/mol. The van der Waals surface area contributed by atoms with E-state index in [0.29, 0.717) is 28.6 Å². The molecule has 0 atom stereocenters. The number of aryl methyl sites for hydroxylation is 1. The van der Waals surface area contributed by atoms with E-state index in [1.54, 1.807) is 50.3 Å². The summed E-state index contributed by atoms with van der Waals surface area (Å²) in [6.07, 6.45) is 0.0987. The highest BCUT2D eigenvalue weighted by atomic mass is 16.2. The summed E-state index contributed by atoms with van der Waals surface area (Å²) >= 11 is 0. The molecule has 0 unspecified atom stereocenters. The molecule has 0 saturated carbocycles. The van der Waals surface area contributed by atoms with Gasteiger partial charge in [-0.15, -0.1) is 0 Å². The van der Waals surface area contributed by atoms with Crippen molar-refractivity contribution in [2.45, 2.75) is 13.0 Å². The van der Waals surface area contributed by atoms with Gasteiger partial charge in [-0.2, -0.15) is 5.10 Å². The average Bonchev–Trinajstić information content (AvgIpc) is 2.71. The molecule has 0 radical (unpaired) electrons. The fourth-order valence-corrected chi connectivity index (χ4v) is 3.05. The fourth-order valence-electron chi connectivity index (χ4n) is 3.05. The molecule has 3 rings (SSSR count). The summed E-state index contributed by atoms with van der Waals surface area (Å²) in [4.78, 5) is 38.1. The van der Waals surface area contributed by atoms with Crippen LogP contribution in [0.4, 0.5) is 0 Å². The van der Waals surface area contributed by atoms with Crippen LogP contribution in [0.25, 0.3) is 10.8 Å². The summed E-state index contributed by atoms with van der Waals surface area (Å²) in [6, 6.07) is 14.3. The number of hydrogen-bond donors (Lipinski definition) is 1. The molecule has 0 fully saturated rings. The highest BCUT2D eigenvalue weighted by Gasteiger charge is 2.15. The molecule has 0 aliphatic rings. The molecule has 0 bridgehead atoms. The SMILES string of the molecule is CNC(=O)c1ccc(CN(C)C(=O)Cc2nn(C)c(=O)c3ccccc23)cc1. The van der Waals surface area contributed by atoms with E-state index in [2.05, 4.69) is 10.4 Å². The van der Waals surface area contributed by atoms with Crippen LogP contribution < -0.4 is 10.9 Å². The third-order valence-corrected chi connectivity index (χ3v) is 4.64. The monoisotopic (exact) mass is 378 g/mol. The van der Waals surface area contributed by atoms with Crippen LogP contribution in [0.1, 0.15) is 21.6 Å². The lowest BCUT2D eigenvalue weighted by Crippen LogP contribution is -2.29. The Morgan fingerprint density at radius 3 is 2.36 bits per heavy atom. The largest absolute Gasteiger partial charge is 0.355 e. The lowest BCUT2D eigenvalue weighted by atomic mass is 10.1. The van der Waals surface area contributed by atoms with Crippen molar-refractivity contribution in [3.8, 4) is 0 Å². The predicted octanol–water partition coefficient (Wildman–Crippen LogP) is 1.49. The van der Waals surface area contributed by atoms with Gasteiger partial charge in [0.15, 0.2) is 0 Å². The number of carbonyl (C=O) groups is 2. The number of nitrogens with one attached hydrogen (secondary N) is 1. The molecule has 28 heavy (non-hydrogen) atoms. The Morgan fingerprint density at radius 1 is 1.07 bits per heavy atom. The molecule has 0 aliphatic heterocycles. The van der Waals surface area contributed by atoms with Crippen LogP contribution >= 0.6 is 0 Å². The maximum absolute atomic E-state index is 12.7. The second-order valence-corrected chi connectivity index (χ2v) is 6.62. The molecule has 144 valence electrons. The fraction of sp³-hybridized carbons (Fsp3) is 0.238. The molecular formula is C21H22N4O3. The van der Waals surface area contributed by atoms with Crippen LogP contribution in [0, 0.1) is 0 Å². The number of fused-ring (bicyclic) bond motifs is 1. The van der Waals surface area contributed by atoms with Gasteiger partial charge in [-0.05, 0) is 23.8 Å². The molecule has 2 aromatic carbocycles. The smallest absolute Gasteiger partial charge is 0.274 e. The van der Waals surface area contributed by atoms with Gasteiger partial charge in [0.25, 0.3) is 11.5 Å². The van der Waals surface area contributed by atoms with E-state index in [1.165, 1.54) is 4.68 Å². The summed E-state index contributed by atoms with van der Waals surface area (Å²) in [5.74, 6) is -0.254. The lowest BCUT2D eigenvalue weighted by molar-refractivity contribution is -0.129.